The van der Waals surface area contributed by atoms with Gasteiger partial charge in [-0.15, -0.1) is 0 Å². The van der Waals surface area contributed by atoms with Crippen molar-refractivity contribution < 1.29 is 13.9 Å². The molecular weight excluding hydrogens is 207 g/mol. The highest BCUT2D eigenvalue weighted by atomic mass is 19.1. The van der Waals surface area contributed by atoms with Crippen LogP contribution in [0.2, 0.25) is 0 Å². The predicted octanol–water partition coefficient (Wildman–Crippen LogP) is 2.43. The number of halogens is 1. The second kappa shape index (κ2) is 3.45. The molecule has 3 rings (SSSR count). The summed E-state index contributed by atoms with van der Waals surface area (Å²) < 4.78 is 25.0. The highest BCUT2D eigenvalue weighted by Crippen LogP contribution is 2.42. The largest absolute Gasteiger partial charge is 0.483 e. The van der Waals surface area contributed by atoms with Crippen LogP contribution in [0.5, 0.6) is 5.75 Å². The van der Waals surface area contributed by atoms with Gasteiger partial charge in [0.2, 0.25) is 0 Å². The number of aryl methyl sites for hydroxylation is 1. The number of hydrogen-bond acceptors (Lipinski definition) is 2. The van der Waals surface area contributed by atoms with Crippen LogP contribution in [0.4, 0.5) is 4.39 Å². The Balaban J connectivity index is 1.97. The van der Waals surface area contributed by atoms with E-state index in [-0.39, 0.29) is 6.61 Å². The Morgan fingerprint density at radius 1 is 1.44 bits per heavy atom. The predicted molar refractivity (Wildman–Crippen MR) is 58.6 cm³/mol. The van der Waals surface area contributed by atoms with Gasteiger partial charge in [-0.3, -0.25) is 0 Å². The van der Waals surface area contributed by atoms with Crippen molar-refractivity contribution in [3.8, 4) is 5.75 Å². The van der Waals surface area contributed by atoms with Crippen LogP contribution in [0.15, 0.2) is 18.2 Å². The molecule has 1 saturated heterocycles. The maximum atomic E-state index is 14.0. The van der Waals surface area contributed by atoms with E-state index in [9.17, 15) is 4.39 Å². The van der Waals surface area contributed by atoms with E-state index < -0.39 is 11.8 Å². The molecule has 0 amide bonds. The van der Waals surface area contributed by atoms with E-state index in [1.807, 2.05) is 25.1 Å². The average molecular weight is 222 g/mol. The van der Waals surface area contributed by atoms with E-state index in [0.29, 0.717) is 19.4 Å². The Morgan fingerprint density at radius 3 is 3.06 bits per heavy atom. The highest BCUT2D eigenvalue weighted by molar-refractivity contribution is 5.45. The van der Waals surface area contributed by atoms with Crippen LogP contribution in [0.25, 0.3) is 0 Å². The van der Waals surface area contributed by atoms with Gasteiger partial charge in [-0.05, 0) is 18.6 Å². The summed E-state index contributed by atoms with van der Waals surface area (Å²) in [5.74, 6) is 0.851. The molecule has 1 fully saturated rings. The summed E-state index contributed by atoms with van der Waals surface area (Å²) in [5.41, 5.74) is 1.69. The van der Waals surface area contributed by atoms with Gasteiger partial charge in [-0.2, -0.15) is 0 Å². The topological polar surface area (TPSA) is 18.5 Å². The number of benzene rings is 1. The zero-order valence-electron chi connectivity index (χ0n) is 9.33. The van der Waals surface area contributed by atoms with Crippen molar-refractivity contribution in [3.05, 3.63) is 29.3 Å². The lowest BCUT2D eigenvalue weighted by molar-refractivity contribution is -0.0954. The summed E-state index contributed by atoms with van der Waals surface area (Å²) in [4.78, 5) is 0. The van der Waals surface area contributed by atoms with Gasteiger partial charge < -0.3 is 9.47 Å². The molecule has 2 aliphatic rings. The van der Waals surface area contributed by atoms with Crippen molar-refractivity contribution in [2.75, 3.05) is 13.2 Å². The maximum Gasteiger partial charge on any atom is 0.163 e. The molecule has 1 aromatic carbocycles. The molecule has 0 N–H and O–H groups in total. The second-order valence-electron chi connectivity index (χ2n) is 4.69. The van der Waals surface area contributed by atoms with Crippen LogP contribution in [0, 0.1) is 6.92 Å². The zero-order chi connectivity index (χ0) is 11.2. The number of fused-ring (bicyclic) bond motifs is 1. The first-order valence-electron chi connectivity index (χ1n) is 5.71. The lowest BCUT2D eigenvalue weighted by Crippen LogP contribution is -2.50. The van der Waals surface area contributed by atoms with E-state index in [4.69, 9.17) is 9.47 Å². The molecule has 0 aromatic heterocycles. The molecule has 1 spiro atoms. The highest BCUT2D eigenvalue weighted by Gasteiger charge is 2.48. The monoisotopic (exact) mass is 222 g/mol. The van der Waals surface area contributed by atoms with Gasteiger partial charge >= 0.3 is 0 Å². The first kappa shape index (κ1) is 10.1. The Kier molecular flexibility index (Phi) is 2.18. The van der Waals surface area contributed by atoms with Crippen molar-refractivity contribution in [1.82, 2.24) is 0 Å². The third-order valence-electron chi connectivity index (χ3n) is 3.66. The fourth-order valence-corrected chi connectivity index (χ4v) is 2.61. The summed E-state index contributed by atoms with van der Waals surface area (Å²) >= 11 is 0. The van der Waals surface area contributed by atoms with Crippen molar-refractivity contribution in [2.24, 2.45) is 0 Å². The standard InChI is InChI=1S/C13H15FO2/c1-9-3-2-4-11-10(9)7-13(16-11)5-6-15-8-12(13)14/h2-4,12H,5-8H2,1H3. The molecule has 86 valence electrons. The van der Waals surface area contributed by atoms with Gasteiger partial charge in [0.05, 0.1) is 13.2 Å². The molecule has 2 heterocycles. The Bertz CT molecular complexity index is 418. The molecule has 2 atom stereocenters. The van der Waals surface area contributed by atoms with Crippen molar-refractivity contribution >= 4 is 0 Å². The molecular formula is C13H15FO2. The fraction of sp³-hybridized carbons (Fsp3) is 0.538. The summed E-state index contributed by atoms with van der Waals surface area (Å²) in [5, 5.41) is 0. The molecule has 1 aromatic rings. The number of hydrogen-bond donors (Lipinski definition) is 0. The second-order valence-corrected chi connectivity index (χ2v) is 4.69. The summed E-state index contributed by atoms with van der Waals surface area (Å²) in [6, 6.07) is 5.94. The lowest BCUT2D eigenvalue weighted by Gasteiger charge is -2.35. The molecule has 0 saturated carbocycles. The minimum Gasteiger partial charge on any atom is -0.483 e. The third-order valence-corrected chi connectivity index (χ3v) is 3.66. The van der Waals surface area contributed by atoms with Gasteiger partial charge in [-0.1, -0.05) is 12.1 Å². The van der Waals surface area contributed by atoms with Crippen LogP contribution in [0.3, 0.4) is 0 Å². The third kappa shape index (κ3) is 1.34. The van der Waals surface area contributed by atoms with Crippen LogP contribution >= 0.6 is 0 Å². The Hall–Kier alpha value is -1.09. The van der Waals surface area contributed by atoms with Crippen LogP contribution in [-0.2, 0) is 11.2 Å². The Labute approximate surface area is 94.4 Å². The zero-order valence-corrected chi connectivity index (χ0v) is 9.33. The van der Waals surface area contributed by atoms with Gasteiger partial charge in [0, 0.05) is 18.4 Å². The van der Waals surface area contributed by atoms with Crippen molar-refractivity contribution in [2.45, 2.75) is 31.5 Å². The minimum atomic E-state index is -1.02. The Morgan fingerprint density at radius 2 is 2.31 bits per heavy atom. The van der Waals surface area contributed by atoms with Gasteiger partial charge in [0.1, 0.15) is 11.4 Å². The molecule has 2 aliphatic heterocycles. The molecule has 3 heteroatoms. The van der Waals surface area contributed by atoms with E-state index in [1.54, 1.807) is 0 Å². The first-order chi connectivity index (χ1) is 7.71. The van der Waals surface area contributed by atoms with Crippen LogP contribution in [0.1, 0.15) is 17.5 Å². The maximum absolute atomic E-state index is 14.0. The smallest absolute Gasteiger partial charge is 0.163 e. The summed E-state index contributed by atoms with van der Waals surface area (Å²) in [7, 11) is 0. The molecule has 0 radical (unpaired) electrons. The number of rotatable bonds is 0. The van der Waals surface area contributed by atoms with E-state index in [0.717, 1.165) is 11.3 Å². The molecule has 0 aliphatic carbocycles. The van der Waals surface area contributed by atoms with Crippen molar-refractivity contribution in [3.63, 3.8) is 0 Å². The molecule has 2 unspecified atom stereocenters. The molecule has 2 nitrogen and oxygen atoms in total. The van der Waals surface area contributed by atoms with E-state index in [1.165, 1.54) is 5.56 Å². The quantitative estimate of drug-likeness (QED) is 0.671. The van der Waals surface area contributed by atoms with Gasteiger partial charge in [0.25, 0.3) is 0 Å². The minimum absolute atomic E-state index is 0.160. The summed E-state index contributed by atoms with van der Waals surface area (Å²) in [6.07, 6.45) is 0.301. The molecule has 0 bridgehead atoms. The fourth-order valence-electron chi connectivity index (χ4n) is 2.61. The van der Waals surface area contributed by atoms with Gasteiger partial charge in [-0.25, -0.2) is 4.39 Å². The summed E-state index contributed by atoms with van der Waals surface area (Å²) in [6.45, 7) is 2.80. The van der Waals surface area contributed by atoms with Crippen LogP contribution in [-0.4, -0.2) is 25.0 Å². The van der Waals surface area contributed by atoms with Crippen molar-refractivity contribution in [1.29, 1.82) is 0 Å². The molecule has 16 heavy (non-hydrogen) atoms. The van der Waals surface area contributed by atoms with E-state index in [2.05, 4.69) is 0 Å². The lowest BCUT2D eigenvalue weighted by atomic mass is 9.87. The first-order valence-corrected chi connectivity index (χ1v) is 5.71. The van der Waals surface area contributed by atoms with Crippen LogP contribution < -0.4 is 4.74 Å². The normalized spacial score (nSPS) is 32.5. The average Bonchev–Trinajstić information content (AvgIpc) is 2.64. The van der Waals surface area contributed by atoms with Gasteiger partial charge in [0.15, 0.2) is 6.17 Å². The SMILES string of the molecule is Cc1cccc2c1CC1(CCOCC1F)O2. The number of ether oxygens (including phenoxy) is 2. The van der Waals surface area contributed by atoms with E-state index >= 15 is 0 Å². The number of alkyl halides is 1.